The normalized spacial score (nSPS) is 15.8. The van der Waals surface area contributed by atoms with Gasteiger partial charge in [0.15, 0.2) is 5.82 Å². The Morgan fingerprint density at radius 3 is 2.44 bits per heavy atom. The molecule has 2 atom stereocenters. The Labute approximate surface area is 186 Å². The van der Waals surface area contributed by atoms with Crippen molar-refractivity contribution in [2.45, 2.75) is 43.9 Å². The van der Waals surface area contributed by atoms with E-state index in [0.29, 0.717) is 29.0 Å². The Morgan fingerprint density at radius 2 is 1.81 bits per heavy atom. The van der Waals surface area contributed by atoms with Gasteiger partial charge in [0.25, 0.3) is 0 Å². The topological polar surface area (TPSA) is 134 Å². The molecular formula is C20H25N7O4S. The second kappa shape index (κ2) is 8.69. The summed E-state index contributed by atoms with van der Waals surface area (Å²) in [5.74, 6) is 1.06. The number of hydrogen-bond donors (Lipinski definition) is 1. The van der Waals surface area contributed by atoms with Crippen molar-refractivity contribution in [1.82, 2.24) is 29.7 Å². The molecule has 1 aliphatic carbocycles. The number of anilines is 1. The van der Waals surface area contributed by atoms with E-state index >= 15 is 0 Å². The van der Waals surface area contributed by atoms with Gasteiger partial charge in [0.1, 0.15) is 5.69 Å². The molecule has 3 aromatic rings. The van der Waals surface area contributed by atoms with Gasteiger partial charge in [-0.25, -0.2) is 18.4 Å². The first-order valence-electron chi connectivity index (χ1n) is 10.2. The van der Waals surface area contributed by atoms with Crippen molar-refractivity contribution in [2.24, 2.45) is 0 Å². The van der Waals surface area contributed by atoms with Crippen LogP contribution in [0, 0.1) is 0 Å². The number of rotatable bonds is 9. The second-order valence-electron chi connectivity index (χ2n) is 7.64. The molecule has 0 radical (unpaired) electrons. The van der Waals surface area contributed by atoms with E-state index in [1.54, 1.807) is 36.6 Å². The van der Waals surface area contributed by atoms with Gasteiger partial charge in [-0.3, -0.25) is 14.3 Å². The van der Waals surface area contributed by atoms with Gasteiger partial charge in [-0.05, 0) is 25.8 Å². The third kappa shape index (κ3) is 4.35. The zero-order valence-electron chi connectivity index (χ0n) is 18.3. The van der Waals surface area contributed by atoms with Crippen LogP contribution in [-0.2, 0) is 10.0 Å². The largest absolute Gasteiger partial charge is 0.481 e. The first kappa shape index (κ1) is 21.9. The van der Waals surface area contributed by atoms with Crippen LogP contribution in [0.25, 0.3) is 11.5 Å². The minimum absolute atomic E-state index is 0.117. The Balaban J connectivity index is 1.60. The number of hydrogen-bond acceptors (Lipinski definition) is 9. The minimum Gasteiger partial charge on any atom is -0.481 e. The molecular weight excluding hydrogens is 434 g/mol. The maximum atomic E-state index is 13.2. The van der Waals surface area contributed by atoms with Gasteiger partial charge in [0, 0.05) is 18.0 Å². The fourth-order valence-electron chi connectivity index (χ4n) is 3.26. The number of sulfonamides is 1. The average Bonchev–Trinajstić information content (AvgIpc) is 3.57. The predicted octanol–water partition coefficient (Wildman–Crippen LogP) is 2.42. The summed E-state index contributed by atoms with van der Waals surface area (Å²) in [6.07, 6.45) is 4.82. The van der Waals surface area contributed by atoms with Crippen LogP contribution in [0.4, 0.5) is 5.95 Å². The van der Waals surface area contributed by atoms with Gasteiger partial charge >= 0.3 is 0 Å². The molecule has 1 fully saturated rings. The number of aromatic nitrogens is 6. The summed E-state index contributed by atoms with van der Waals surface area (Å²) in [4.78, 5) is 12.8. The SMILES string of the molecule is COc1cnc(C(C)C(C)S(=O)(=O)Nc2nnc(-c3cccc(OC)n3)n2C2CC2)cn1. The lowest BCUT2D eigenvalue weighted by Gasteiger charge is -2.20. The van der Waals surface area contributed by atoms with E-state index in [0.717, 1.165) is 12.8 Å². The van der Waals surface area contributed by atoms with Gasteiger partial charge in [0.2, 0.25) is 27.7 Å². The van der Waals surface area contributed by atoms with Crippen LogP contribution >= 0.6 is 0 Å². The van der Waals surface area contributed by atoms with E-state index < -0.39 is 21.2 Å². The van der Waals surface area contributed by atoms with Crippen LogP contribution in [-0.4, -0.2) is 57.6 Å². The smallest absolute Gasteiger partial charge is 0.238 e. The third-order valence-corrected chi connectivity index (χ3v) is 7.37. The molecule has 0 aliphatic heterocycles. The molecule has 3 aromatic heterocycles. The number of pyridine rings is 1. The van der Waals surface area contributed by atoms with Crippen LogP contribution in [0.5, 0.6) is 11.8 Å². The predicted molar refractivity (Wildman–Crippen MR) is 117 cm³/mol. The standard InChI is InChI=1S/C20H25N7O4S/c1-12(16-10-22-18(31-4)11-21-16)13(2)32(28,29)26-20-25-24-19(27(20)14-8-9-14)15-6-5-7-17(23-15)30-3/h5-7,10-14H,8-9H2,1-4H3,(H,25,26). The average molecular weight is 460 g/mol. The molecule has 1 N–H and O–H groups in total. The van der Waals surface area contributed by atoms with E-state index in [1.165, 1.54) is 26.6 Å². The quantitative estimate of drug-likeness (QED) is 0.512. The van der Waals surface area contributed by atoms with Crippen LogP contribution < -0.4 is 14.2 Å². The van der Waals surface area contributed by atoms with Crippen LogP contribution in [0.1, 0.15) is 44.3 Å². The lowest BCUT2D eigenvalue weighted by Crippen LogP contribution is -2.31. The molecule has 0 amide bonds. The van der Waals surface area contributed by atoms with E-state index in [4.69, 9.17) is 9.47 Å². The van der Waals surface area contributed by atoms with E-state index in [2.05, 4.69) is 29.9 Å². The van der Waals surface area contributed by atoms with E-state index in [9.17, 15) is 8.42 Å². The Bertz CT molecular complexity index is 1190. The van der Waals surface area contributed by atoms with Crippen molar-refractivity contribution < 1.29 is 17.9 Å². The number of ether oxygens (including phenoxy) is 2. The summed E-state index contributed by atoms with van der Waals surface area (Å²) in [6, 6.07) is 5.44. The summed E-state index contributed by atoms with van der Waals surface area (Å²) in [6.45, 7) is 3.42. The van der Waals surface area contributed by atoms with Crippen molar-refractivity contribution >= 4 is 16.0 Å². The zero-order chi connectivity index (χ0) is 22.9. The Kier molecular flexibility index (Phi) is 5.96. The van der Waals surface area contributed by atoms with Crippen molar-refractivity contribution in [2.75, 3.05) is 18.9 Å². The van der Waals surface area contributed by atoms with Gasteiger partial charge in [-0.1, -0.05) is 13.0 Å². The highest BCUT2D eigenvalue weighted by atomic mass is 32.2. The second-order valence-corrected chi connectivity index (χ2v) is 9.68. The summed E-state index contributed by atoms with van der Waals surface area (Å²) in [7, 11) is -0.774. The molecule has 0 aromatic carbocycles. The highest BCUT2D eigenvalue weighted by molar-refractivity contribution is 7.93. The molecule has 170 valence electrons. The molecule has 11 nitrogen and oxygen atoms in total. The molecule has 32 heavy (non-hydrogen) atoms. The third-order valence-electron chi connectivity index (χ3n) is 5.52. The van der Waals surface area contributed by atoms with Crippen molar-refractivity contribution in [1.29, 1.82) is 0 Å². The molecule has 3 heterocycles. The Morgan fingerprint density at radius 1 is 1.06 bits per heavy atom. The van der Waals surface area contributed by atoms with Crippen LogP contribution in [0.15, 0.2) is 30.6 Å². The first-order chi connectivity index (χ1) is 15.3. The molecule has 2 unspecified atom stereocenters. The van der Waals surface area contributed by atoms with Gasteiger partial charge in [0.05, 0.1) is 37.6 Å². The minimum atomic E-state index is -3.80. The van der Waals surface area contributed by atoms with Gasteiger partial charge in [-0.2, -0.15) is 0 Å². The molecule has 12 heteroatoms. The lowest BCUT2D eigenvalue weighted by molar-refractivity contribution is 0.394. The number of nitrogens with zero attached hydrogens (tertiary/aromatic N) is 6. The highest BCUT2D eigenvalue weighted by Gasteiger charge is 2.34. The molecule has 0 spiro atoms. The van der Waals surface area contributed by atoms with Crippen molar-refractivity contribution in [3.8, 4) is 23.3 Å². The summed E-state index contributed by atoms with van der Waals surface area (Å²) >= 11 is 0. The first-order valence-corrected chi connectivity index (χ1v) is 11.7. The molecule has 4 rings (SSSR count). The van der Waals surface area contributed by atoms with Crippen molar-refractivity contribution in [3.63, 3.8) is 0 Å². The van der Waals surface area contributed by atoms with Crippen LogP contribution in [0.3, 0.4) is 0 Å². The fourth-order valence-corrected chi connectivity index (χ4v) is 4.52. The van der Waals surface area contributed by atoms with Gasteiger partial charge < -0.3 is 9.47 Å². The van der Waals surface area contributed by atoms with E-state index in [1.807, 2.05) is 0 Å². The summed E-state index contributed by atoms with van der Waals surface area (Å²) < 4.78 is 41.0. The molecule has 1 aliphatic rings. The molecule has 1 saturated carbocycles. The maximum Gasteiger partial charge on any atom is 0.238 e. The highest BCUT2D eigenvalue weighted by Crippen LogP contribution is 2.40. The van der Waals surface area contributed by atoms with Crippen LogP contribution in [0.2, 0.25) is 0 Å². The summed E-state index contributed by atoms with van der Waals surface area (Å²) in [5.41, 5.74) is 1.11. The Hall–Kier alpha value is -3.28. The number of methoxy groups -OCH3 is 2. The molecule has 0 saturated heterocycles. The van der Waals surface area contributed by atoms with Gasteiger partial charge in [-0.15, -0.1) is 10.2 Å². The zero-order valence-corrected chi connectivity index (χ0v) is 19.1. The monoisotopic (exact) mass is 459 g/mol. The van der Waals surface area contributed by atoms with Crippen molar-refractivity contribution in [3.05, 3.63) is 36.3 Å². The van der Waals surface area contributed by atoms with E-state index in [-0.39, 0.29) is 12.0 Å². The number of nitrogens with one attached hydrogen (secondary N) is 1. The fraction of sp³-hybridized carbons (Fsp3) is 0.450. The maximum absolute atomic E-state index is 13.2. The lowest BCUT2D eigenvalue weighted by atomic mass is 10.1. The molecule has 0 bridgehead atoms. The summed E-state index contributed by atoms with van der Waals surface area (Å²) in [5, 5.41) is 7.55.